The zero-order chi connectivity index (χ0) is 29.9. The van der Waals surface area contributed by atoms with Crippen LogP contribution in [0.3, 0.4) is 0 Å². The molecule has 0 aliphatic carbocycles. The average Bonchev–Trinajstić information content (AvgIpc) is 3.29. The van der Waals surface area contributed by atoms with Gasteiger partial charge in [-0.05, 0) is 56.9 Å². The van der Waals surface area contributed by atoms with Gasteiger partial charge in [-0.3, -0.25) is 14.5 Å². The van der Waals surface area contributed by atoms with E-state index in [1.54, 1.807) is 26.8 Å². The smallest absolute Gasteiger partial charge is 0.416 e. The van der Waals surface area contributed by atoms with E-state index in [0.717, 1.165) is 17.7 Å². The van der Waals surface area contributed by atoms with Crippen LogP contribution in [-0.2, 0) is 33.5 Å². The van der Waals surface area contributed by atoms with E-state index in [0.29, 0.717) is 18.4 Å². The van der Waals surface area contributed by atoms with Crippen molar-refractivity contribution in [2.75, 3.05) is 19.6 Å². The Morgan fingerprint density at radius 2 is 1.68 bits per heavy atom. The zero-order valence-electron chi connectivity index (χ0n) is 23.4. The predicted octanol–water partition coefficient (Wildman–Crippen LogP) is 4.25. The van der Waals surface area contributed by atoms with Crippen molar-refractivity contribution in [2.45, 2.75) is 76.5 Å². The number of amides is 3. The van der Waals surface area contributed by atoms with Crippen molar-refractivity contribution < 1.29 is 37.4 Å². The number of aryl methyl sites for hydroxylation is 1. The third-order valence-electron chi connectivity index (χ3n) is 7.24. The summed E-state index contributed by atoms with van der Waals surface area (Å²) in [6.45, 7) is 4.87. The van der Waals surface area contributed by atoms with Crippen LogP contribution in [0.2, 0.25) is 0 Å². The minimum atomic E-state index is -4.51. The topological polar surface area (TPSA) is 90.4 Å². The Hall–Kier alpha value is -3.60. The summed E-state index contributed by atoms with van der Waals surface area (Å²) in [5.41, 5.74) is -0.226. The zero-order valence-corrected chi connectivity index (χ0v) is 23.4. The Kier molecular flexibility index (Phi) is 8.96. The van der Waals surface area contributed by atoms with Crippen molar-refractivity contribution in [2.24, 2.45) is 0 Å². The Bertz CT molecular complexity index is 1250. The molecule has 222 valence electrons. The van der Waals surface area contributed by atoms with E-state index in [-0.39, 0.29) is 32.6 Å². The van der Waals surface area contributed by atoms with Crippen LogP contribution in [-0.4, -0.2) is 81.1 Å². The van der Waals surface area contributed by atoms with Crippen LogP contribution < -0.4 is 0 Å². The van der Waals surface area contributed by atoms with Gasteiger partial charge in [0.25, 0.3) is 0 Å². The molecule has 0 aromatic heterocycles. The number of hydrogen-bond donors (Lipinski definition) is 1. The highest BCUT2D eigenvalue weighted by Crippen LogP contribution is 2.31. The molecule has 8 nitrogen and oxygen atoms in total. The monoisotopic (exact) mass is 575 g/mol. The van der Waals surface area contributed by atoms with Gasteiger partial charge in [0.05, 0.1) is 30.8 Å². The third kappa shape index (κ3) is 7.78. The van der Waals surface area contributed by atoms with Crippen LogP contribution in [0.25, 0.3) is 0 Å². The van der Waals surface area contributed by atoms with Gasteiger partial charge in [-0.15, -0.1) is 0 Å². The second-order valence-electron chi connectivity index (χ2n) is 11.7. The highest BCUT2D eigenvalue weighted by Gasteiger charge is 2.45. The molecule has 2 saturated heterocycles. The van der Waals surface area contributed by atoms with Gasteiger partial charge in [0.1, 0.15) is 11.6 Å². The van der Waals surface area contributed by atoms with Gasteiger partial charge >= 0.3 is 12.3 Å². The fourth-order valence-electron chi connectivity index (χ4n) is 5.31. The molecule has 3 amide bonds. The number of nitrogens with zero attached hydrogens (tertiary/aromatic N) is 3. The summed E-state index contributed by atoms with van der Waals surface area (Å²) < 4.78 is 45.4. The number of aliphatic hydroxyl groups is 1. The van der Waals surface area contributed by atoms with Gasteiger partial charge in [-0.2, -0.15) is 13.2 Å². The molecular formula is C30H36F3N3O5. The first-order chi connectivity index (χ1) is 19.2. The fourth-order valence-corrected chi connectivity index (χ4v) is 5.31. The Morgan fingerprint density at radius 3 is 2.34 bits per heavy atom. The second-order valence-corrected chi connectivity index (χ2v) is 11.7. The molecule has 0 spiro atoms. The number of halogens is 3. The molecule has 2 aliphatic rings. The lowest BCUT2D eigenvalue weighted by atomic mass is 9.99. The number of alkyl halides is 3. The number of benzene rings is 2. The standard InChI is InChI=1S/C30H36F3N3O5/c1-29(2,3)41-28(40)36-18-24(37)15-25(36)27(39)34-17-23(13-12-20-8-5-4-6-9-20)35(26(38)19-34)16-21-10-7-11-22(14-21)30(31,32)33/h4-11,14,23-25,37H,12-13,15-19H2,1-3H3/t23-,24+,25-/m0/s1. The maximum Gasteiger partial charge on any atom is 0.416 e. The molecule has 0 bridgehead atoms. The molecule has 4 rings (SSSR count). The number of likely N-dealkylation sites (tertiary alicyclic amines) is 1. The van der Waals surface area contributed by atoms with E-state index in [2.05, 4.69) is 0 Å². The summed E-state index contributed by atoms with van der Waals surface area (Å²) >= 11 is 0. The maximum atomic E-state index is 13.7. The quantitative estimate of drug-likeness (QED) is 0.557. The molecule has 2 aromatic rings. The molecule has 0 saturated carbocycles. The Labute approximate surface area is 237 Å². The van der Waals surface area contributed by atoms with Gasteiger partial charge in [0, 0.05) is 19.5 Å². The number of ether oxygens (including phenoxy) is 1. The molecule has 11 heteroatoms. The lowest BCUT2D eigenvalue weighted by molar-refractivity contribution is -0.151. The number of hydrogen-bond acceptors (Lipinski definition) is 5. The summed E-state index contributed by atoms with van der Waals surface area (Å²) in [6.07, 6.45) is -5.06. The van der Waals surface area contributed by atoms with Gasteiger partial charge in [0.2, 0.25) is 11.8 Å². The minimum absolute atomic E-state index is 0.0192. The second kappa shape index (κ2) is 12.1. The predicted molar refractivity (Wildman–Crippen MR) is 144 cm³/mol. The number of carbonyl (C=O) groups is 3. The highest BCUT2D eigenvalue weighted by atomic mass is 19.4. The molecule has 1 N–H and O–H groups in total. The van der Waals surface area contributed by atoms with Crippen LogP contribution in [0.5, 0.6) is 0 Å². The minimum Gasteiger partial charge on any atom is -0.444 e. The number of β-amino-alcohol motifs (C(OH)–C–C–N with tert-alkyl or cyclic N) is 1. The van der Waals surface area contributed by atoms with Crippen molar-refractivity contribution >= 4 is 17.9 Å². The van der Waals surface area contributed by atoms with Crippen molar-refractivity contribution in [3.05, 3.63) is 71.3 Å². The molecule has 2 heterocycles. The van der Waals surface area contributed by atoms with Crippen LogP contribution in [0, 0.1) is 0 Å². The highest BCUT2D eigenvalue weighted by molar-refractivity contribution is 5.91. The molecule has 2 fully saturated rings. The van der Waals surface area contributed by atoms with Crippen molar-refractivity contribution in [1.29, 1.82) is 0 Å². The number of aliphatic hydroxyl groups excluding tert-OH is 1. The van der Waals surface area contributed by atoms with Crippen LogP contribution >= 0.6 is 0 Å². The maximum absolute atomic E-state index is 13.7. The lowest BCUT2D eigenvalue weighted by Crippen LogP contribution is -2.60. The van der Waals surface area contributed by atoms with Gasteiger partial charge in [0.15, 0.2) is 0 Å². The first kappa shape index (κ1) is 30.4. The molecular weight excluding hydrogens is 539 g/mol. The van der Waals surface area contributed by atoms with E-state index >= 15 is 0 Å². The Balaban J connectivity index is 1.55. The van der Waals surface area contributed by atoms with E-state index < -0.39 is 53.4 Å². The van der Waals surface area contributed by atoms with E-state index in [4.69, 9.17) is 4.74 Å². The fraction of sp³-hybridized carbons (Fsp3) is 0.500. The molecule has 2 aliphatic heterocycles. The normalized spacial score (nSPS) is 21.8. The van der Waals surface area contributed by atoms with Crippen LogP contribution in [0.4, 0.5) is 18.0 Å². The molecule has 0 radical (unpaired) electrons. The summed E-state index contributed by atoms with van der Waals surface area (Å²) in [5.74, 6) is -0.869. The molecule has 3 atom stereocenters. The largest absolute Gasteiger partial charge is 0.444 e. The van der Waals surface area contributed by atoms with E-state index in [1.165, 1.54) is 20.8 Å². The van der Waals surface area contributed by atoms with Gasteiger partial charge in [-0.1, -0.05) is 42.5 Å². The van der Waals surface area contributed by atoms with Gasteiger partial charge in [-0.25, -0.2) is 4.79 Å². The summed E-state index contributed by atoms with van der Waals surface area (Å²) in [5, 5.41) is 10.3. The summed E-state index contributed by atoms with van der Waals surface area (Å²) in [6, 6.07) is 13.0. The first-order valence-electron chi connectivity index (χ1n) is 13.7. The summed E-state index contributed by atoms with van der Waals surface area (Å²) in [4.78, 5) is 44.1. The Morgan fingerprint density at radius 1 is 1.00 bits per heavy atom. The van der Waals surface area contributed by atoms with E-state index in [9.17, 15) is 32.7 Å². The molecule has 0 unspecified atom stereocenters. The summed E-state index contributed by atoms with van der Waals surface area (Å²) in [7, 11) is 0. The molecule has 41 heavy (non-hydrogen) atoms. The molecule has 2 aromatic carbocycles. The van der Waals surface area contributed by atoms with Crippen LogP contribution in [0.1, 0.15) is 50.3 Å². The van der Waals surface area contributed by atoms with Crippen molar-refractivity contribution in [3.63, 3.8) is 0 Å². The van der Waals surface area contributed by atoms with Crippen molar-refractivity contribution in [1.82, 2.24) is 14.7 Å². The number of piperazine rings is 1. The van der Waals surface area contributed by atoms with Crippen LogP contribution in [0.15, 0.2) is 54.6 Å². The van der Waals surface area contributed by atoms with Gasteiger partial charge < -0.3 is 19.6 Å². The SMILES string of the molecule is CC(C)(C)OC(=O)N1C[C@H](O)C[C@H]1C(=O)N1CC(=O)N(Cc2cccc(C(F)(F)F)c2)[C@@H](CCc2ccccc2)C1. The van der Waals surface area contributed by atoms with Crippen molar-refractivity contribution in [3.8, 4) is 0 Å². The third-order valence-corrected chi connectivity index (χ3v) is 7.24. The average molecular weight is 576 g/mol. The number of carbonyl (C=O) groups excluding carboxylic acids is 3. The number of rotatable bonds is 6. The lowest BCUT2D eigenvalue weighted by Gasteiger charge is -2.42. The first-order valence-corrected chi connectivity index (χ1v) is 13.7. The van der Waals surface area contributed by atoms with E-state index in [1.807, 2.05) is 30.3 Å².